The summed E-state index contributed by atoms with van der Waals surface area (Å²) in [6, 6.07) is 6.29. The predicted octanol–water partition coefficient (Wildman–Crippen LogP) is 2.21. The summed E-state index contributed by atoms with van der Waals surface area (Å²) in [6.45, 7) is 4.18. The van der Waals surface area contributed by atoms with Crippen molar-refractivity contribution in [1.29, 1.82) is 0 Å². The number of phenolic OH excluding ortho intramolecular Hbond substituents is 1. The number of anilines is 1. The van der Waals surface area contributed by atoms with E-state index in [0.29, 0.717) is 11.8 Å². The van der Waals surface area contributed by atoms with Crippen molar-refractivity contribution in [3.05, 3.63) is 23.8 Å². The summed E-state index contributed by atoms with van der Waals surface area (Å²) in [7, 11) is 2.15. The van der Waals surface area contributed by atoms with Crippen LogP contribution in [0.15, 0.2) is 18.2 Å². The van der Waals surface area contributed by atoms with Gasteiger partial charge in [-0.1, -0.05) is 6.07 Å². The van der Waals surface area contributed by atoms with Crippen LogP contribution in [0.2, 0.25) is 0 Å². The zero-order valence-electron chi connectivity index (χ0n) is 10.0. The third-order valence-corrected chi connectivity index (χ3v) is 3.20. The first-order valence-electron chi connectivity index (χ1n) is 5.90. The molecule has 1 fully saturated rings. The molecule has 0 aromatic heterocycles. The molecule has 1 saturated heterocycles. The minimum Gasteiger partial charge on any atom is -0.508 e. The summed E-state index contributed by atoms with van der Waals surface area (Å²) >= 11 is 0. The molecule has 0 spiro atoms. The van der Waals surface area contributed by atoms with E-state index in [1.807, 2.05) is 25.1 Å². The van der Waals surface area contributed by atoms with Crippen molar-refractivity contribution < 1.29 is 5.11 Å². The van der Waals surface area contributed by atoms with Crippen LogP contribution >= 0.6 is 0 Å². The van der Waals surface area contributed by atoms with Crippen molar-refractivity contribution in [3.63, 3.8) is 0 Å². The van der Waals surface area contributed by atoms with Crippen molar-refractivity contribution in [3.8, 4) is 5.75 Å². The van der Waals surface area contributed by atoms with Crippen molar-refractivity contribution in [2.45, 2.75) is 25.8 Å². The largest absolute Gasteiger partial charge is 0.508 e. The van der Waals surface area contributed by atoms with Gasteiger partial charge in [0.2, 0.25) is 0 Å². The maximum Gasteiger partial charge on any atom is 0.120 e. The van der Waals surface area contributed by atoms with E-state index in [2.05, 4.69) is 17.3 Å². The van der Waals surface area contributed by atoms with Gasteiger partial charge in [0.15, 0.2) is 0 Å². The smallest absolute Gasteiger partial charge is 0.120 e. The second-order valence-corrected chi connectivity index (χ2v) is 4.75. The first-order chi connectivity index (χ1) is 7.65. The van der Waals surface area contributed by atoms with Gasteiger partial charge in [-0.3, -0.25) is 0 Å². The Hall–Kier alpha value is -1.22. The third kappa shape index (κ3) is 2.67. The minimum atomic E-state index is 0.370. The molecule has 0 bridgehead atoms. The van der Waals surface area contributed by atoms with E-state index >= 15 is 0 Å². The van der Waals surface area contributed by atoms with Crippen LogP contribution in [0.25, 0.3) is 0 Å². The highest BCUT2D eigenvalue weighted by molar-refractivity contribution is 5.51. The molecule has 0 saturated carbocycles. The first kappa shape index (κ1) is 11.3. The normalized spacial score (nSPS) is 22.0. The number of nitrogens with one attached hydrogen (secondary N) is 1. The molecule has 3 nitrogen and oxygen atoms in total. The zero-order valence-corrected chi connectivity index (χ0v) is 10.0. The van der Waals surface area contributed by atoms with Gasteiger partial charge in [0.1, 0.15) is 5.75 Å². The van der Waals surface area contributed by atoms with E-state index < -0.39 is 0 Å². The highest BCUT2D eigenvalue weighted by Gasteiger charge is 2.16. The van der Waals surface area contributed by atoms with E-state index in [-0.39, 0.29) is 0 Å². The topological polar surface area (TPSA) is 35.5 Å². The van der Waals surface area contributed by atoms with Crippen LogP contribution in [0.5, 0.6) is 5.75 Å². The van der Waals surface area contributed by atoms with Crippen LogP contribution in [0, 0.1) is 6.92 Å². The van der Waals surface area contributed by atoms with Gasteiger partial charge in [0, 0.05) is 24.3 Å². The van der Waals surface area contributed by atoms with Gasteiger partial charge in [-0.05, 0) is 45.0 Å². The van der Waals surface area contributed by atoms with Crippen molar-refractivity contribution in [2.24, 2.45) is 0 Å². The molecule has 16 heavy (non-hydrogen) atoms. The predicted molar refractivity (Wildman–Crippen MR) is 67.0 cm³/mol. The van der Waals surface area contributed by atoms with E-state index in [9.17, 15) is 5.11 Å². The molecule has 1 aliphatic rings. The zero-order chi connectivity index (χ0) is 11.5. The monoisotopic (exact) mass is 220 g/mol. The van der Waals surface area contributed by atoms with Gasteiger partial charge < -0.3 is 15.3 Å². The Bertz CT molecular complexity index is 365. The van der Waals surface area contributed by atoms with Crippen LogP contribution in [0.3, 0.4) is 0 Å². The van der Waals surface area contributed by atoms with E-state index in [1.54, 1.807) is 0 Å². The molecule has 2 N–H and O–H groups in total. The minimum absolute atomic E-state index is 0.370. The number of aryl methyl sites for hydroxylation is 1. The first-order valence-corrected chi connectivity index (χ1v) is 5.90. The second kappa shape index (κ2) is 4.74. The van der Waals surface area contributed by atoms with Crippen LogP contribution in [0.1, 0.15) is 18.4 Å². The average Bonchev–Trinajstić information content (AvgIpc) is 2.24. The van der Waals surface area contributed by atoms with Gasteiger partial charge in [0.25, 0.3) is 0 Å². The summed E-state index contributed by atoms with van der Waals surface area (Å²) in [5, 5.41) is 13.1. The molecule has 2 rings (SSSR count). The van der Waals surface area contributed by atoms with E-state index in [1.165, 1.54) is 19.4 Å². The maximum absolute atomic E-state index is 9.63. The summed E-state index contributed by atoms with van der Waals surface area (Å²) < 4.78 is 0. The Balaban J connectivity index is 2.00. The summed E-state index contributed by atoms with van der Waals surface area (Å²) in [5.41, 5.74) is 1.94. The quantitative estimate of drug-likeness (QED) is 0.802. The van der Waals surface area contributed by atoms with Crippen LogP contribution in [0.4, 0.5) is 5.69 Å². The second-order valence-electron chi connectivity index (χ2n) is 4.75. The molecule has 0 aliphatic carbocycles. The fraction of sp³-hybridized carbons (Fsp3) is 0.538. The maximum atomic E-state index is 9.63. The van der Waals surface area contributed by atoms with Crippen molar-refractivity contribution >= 4 is 5.69 Å². The molecule has 0 amide bonds. The van der Waals surface area contributed by atoms with Crippen LogP contribution in [-0.2, 0) is 0 Å². The van der Waals surface area contributed by atoms with E-state index in [4.69, 9.17) is 0 Å². The molecule has 1 aromatic rings. The standard InChI is InChI=1S/C13H20N2O/c1-10-5-6-11(8-13(10)16)14-12-4-3-7-15(2)9-12/h5-6,8,12,14,16H,3-4,7,9H2,1-2H3. The molecular formula is C13H20N2O. The van der Waals surface area contributed by atoms with Gasteiger partial charge in [-0.2, -0.15) is 0 Å². The molecule has 1 aromatic carbocycles. The SMILES string of the molecule is Cc1ccc(NC2CCCN(C)C2)cc1O. The van der Waals surface area contributed by atoms with E-state index in [0.717, 1.165) is 17.8 Å². The molecule has 1 atom stereocenters. The number of hydrogen-bond acceptors (Lipinski definition) is 3. The molecule has 88 valence electrons. The van der Waals surface area contributed by atoms with Gasteiger partial charge >= 0.3 is 0 Å². The number of aromatic hydroxyl groups is 1. The summed E-state index contributed by atoms with van der Waals surface area (Å²) in [5.74, 6) is 0.370. The number of likely N-dealkylation sites (tertiary alicyclic amines) is 1. The Labute approximate surface area is 97.1 Å². The van der Waals surface area contributed by atoms with Gasteiger partial charge in [-0.15, -0.1) is 0 Å². The molecule has 0 radical (unpaired) electrons. The number of likely N-dealkylation sites (N-methyl/N-ethyl adjacent to an activating group) is 1. The van der Waals surface area contributed by atoms with Crippen molar-refractivity contribution in [1.82, 2.24) is 4.90 Å². The van der Waals surface area contributed by atoms with Crippen LogP contribution < -0.4 is 5.32 Å². The molecular weight excluding hydrogens is 200 g/mol. The lowest BCUT2D eigenvalue weighted by Gasteiger charge is -2.30. The highest BCUT2D eigenvalue weighted by Crippen LogP contribution is 2.22. The van der Waals surface area contributed by atoms with Gasteiger partial charge in [-0.25, -0.2) is 0 Å². The lowest BCUT2D eigenvalue weighted by molar-refractivity contribution is 0.261. The third-order valence-electron chi connectivity index (χ3n) is 3.20. The van der Waals surface area contributed by atoms with Gasteiger partial charge in [0.05, 0.1) is 0 Å². The molecule has 3 heteroatoms. The Morgan fingerprint density at radius 2 is 2.25 bits per heavy atom. The van der Waals surface area contributed by atoms with Crippen molar-refractivity contribution in [2.75, 3.05) is 25.5 Å². The Morgan fingerprint density at radius 3 is 2.94 bits per heavy atom. The number of benzene rings is 1. The Kier molecular flexibility index (Phi) is 3.34. The Morgan fingerprint density at radius 1 is 1.44 bits per heavy atom. The molecule has 1 aliphatic heterocycles. The fourth-order valence-corrected chi connectivity index (χ4v) is 2.22. The highest BCUT2D eigenvalue weighted by atomic mass is 16.3. The average molecular weight is 220 g/mol. The number of piperidine rings is 1. The number of phenols is 1. The lowest BCUT2D eigenvalue weighted by atomic mass is 10.1. The molecule has 1 unspecified atom stereocenters. The number of hydrogen-bond donors (Lipinski definition) is 2. The summed E-state index contributed by atoms with van der Waals surface area (Å²) in [4.78, 5) is 2.34. The fourth-order valence-electron chi connectivity index (χ4n) is 2.22. The number of nitrogens with zero attached hydrogens (tertiary/aromatic N) is 1. The lowest BCUT2D eigenvalue weighted by Crippen LogP contribution is -2.39. The molecule has 1 heterocycles. The van der Waals surface area contributed by atoms with Crippen LogP contribution in [-0.4, -0.2) is 36.2 Å². The number of rotatable bonds is 2. The summed E-state index contributed by atoms with van der Waals surface area (Å²) in [6.07, 6.45) is 2.45.